The lowest BCUT2D eigenvalue weighted by atomic mass is 10.2. The number of nitrogens with zero attached hydrogens (tertiary/aromatic N) is 2. The van der Waals surface area contributed by atoms with Gasteiger partial charge in [-0.15, -0.1) is 0 Å². The van der Waals surface area contributed by atoms with Crippen molar-refractivity contribution in [2.45, 2.75) is 0 Å². The van der Waals surface area contributed by atoms with Gasteiger partial charge in [-0.1, -0.05) is 0 Å². The van der Waals surface area contributed by atoms with E-state index in [0.29, 0.717) is 0 Å². The van der Waals surface area contributed by atoms with Gasteiger partial charge in [0.25, 0.3) is 0 Å². The zero-order valence-electron chi connectivity index (χ0n) is 6.98. The fourth-order valence-electron chi connectivity index (χ4n) is 0.917. The van der Waals surface area contributed by atoms with Gasteiger partial charge in [0.2, 0.25) is 11.6 Å². The summed E-state index contributed by atoms with van der Waals surface area (Å²) >= 11 is 9.81. The third kappa shape index (κ3) is 1.85. The highest BCUT2D eigenvalue weighted by atomic mass is 35.5. The number of benzene rings is 1. The van der Waals surface area contributed by atoms with Crippen molar-refractivity contribution < 1.29 is 22.5 Å². The van der Waals surface area contributed by atoms with E-state index in [1.807, 2.05) is 0 Å². The Morgan fingerprint density at radius 2 is 1.38 bits per heavy atom. The van der Waals surface area contributed by atoms with Gasteiger partial charge in [-0.25, -0.2) is 8.78 Å². The van der Waals surface area contributed by atoms with Gasteiger partial charge in [0.15, 0.2) is 11.6 Å². The standard InChI is InChI=1S/C6Cl2F4N2O2/c7-13(8)5-1(9)3(11)6(14(15)16)4(12)2(5)10. The molecule has 0 aliphatic heterocycles. The van der Waals surface area contributed by atoms with Gasteiger partial charge in [0.05, 0.1) is 4.92 Å². The maximum Gasteiger partial charge on any atom is 0.346 e. The first kappa shape index (κ1) is 12.8. The van der Waals surface area contributed by atoms with Crippen LogP contribution in [0.15, 0.2) is 0 Å². The Morgan fingerprint density at radius 1 is 1.00 bits per heavy atom. The minimum Gasteiger partial charge on any atom is -0.258 e. The number of hydrogen-bond donors (Lipinski definition) is 0. The van der Waals surface area contributed by atoms with Crippen LogP contribution in [-0.4, -0.2) is 4.92 Å². The fraction of sp³-hybridized carbons (Fsp3) is 0. The molecule has 10 heteroatoms. The molecule has 1 aromatic carbocycles. The number of hydrogen-bond acceptors (Lipinski definition) is 3. The van der Waals surface area contributed by atoms with Crippen molar-refractivity contribution in [3.05, 3.63) is 33.4 Å². The molecular formula is C6Cl2F4N2O2. The van der Waals surface area contributed by atoms with Crippen LogP contribution < -0.4 is 3.94 Å². The molecule has 88 valence electrons. The largest absolute Gasteiger partial charge is 0.346 e. The van der Waals surface area contributed by atoms with Crippen molar-refractivity contribution in [2.24, 2.45) is 0 Å². The molecule has 0 aliphatic rings. The first-order chi connectivity index (χ1) is 7.29. The molecule has 0 radical (unpaired) electrons. The topological polar surface area (TPSA) is 46.4 Å². The molecule has 0 amide bonds. The Kier molecular flexibility index (Phi) is 3.44. The van der Waals surface area contributed by atoms with Crippen molar-refractivity contribution in [3.63, 3.8) is 0 Å². The lowest BCUT2D eigenvalue weighted by Gasteiger charge is -2.09. The highest BCUT2D eigenvalue weighted by Gasteiger charge is 2.34. The summed E-state index contributed by atoms with van der Waals surface area (Å²) in [6.45, 7) is 0. The van der Waals surface area contributed by atoms with Crippen molar-refractivity contribution in [1.82, 2.24) is 0 Å². The predicted octanol–water partition coefficient (Wildman–Crippen LogP) is 3.27. The van der Waals surface area contributed by atoms with Crippen LogP contribution in [0.4, 0.5) is 28.9 Å². The Labute approximate surface area is 95.3 Å². The van der Waals surface area contributed by atoms with Crippen molar-refractivity contribution in [2.75, 3.05) is 3.94 Å². The van der Waals surface area contributed by atoms with E-state index in [1.165, 1.54) is 0 Å². The van der Waals surface area contributed by atoms with E-state index in [9.17, 15) is 27.7 Å². The third-order valence-electron chi connectivity index (χ3n) is 1.57. The van der Waals surface area contributed by atoms with Crippen LogP contribution in [-0.2, 0) is 0 Å². The molecule has 0 atom stereocenters. The minimum absolute atomic E-state index is 0.277. The fourth-order valence-corrected chi connectivity index (χ4v) is 1.21. The summed E-state index contributed by atoms with van der Waals surface area (Å²) in [6, 6.07) is 0. The molecular weight excluding hydrogens is 279 g/mol. The maximum atomic E-state index is 13.0. The molecule has 4 nitrogen and oxygen atoms in total. The number of nitro groups is 1. The van der Waals surface area contributed by atoms with Gasteiger partial charge in [0, 0.05) is 23.6 Å². The Morgan fingerprint density at radius 3 is 1.62 bits per heavy atom. The van der Waals surface area contributed by atoms with Crippen LogP contribution in [0.3, 0.4) is 0 Å². The number of rotatable bonds is 2. The van der Waals surface area contributed by atoms with Gasteiger partial charge in [-0.2, -0.15) is 12.7 Å². The Balaban J connectivity index is 3.70. The Bertz CT molecular complexity index is 439. The molecule has 0 saturated heterocycles. The van der Waals surface area contributed by atoms with Gasteiger partial charge < -0.3 is 0 Å². The van der Waals surface area contributed by atoms with E-state index in [4.69, 9.17) is 23.6 Å². The second kappa shape index (κ2) is 4.30. The molecule has 0 N–H and O–H groups in total. The van der Waals surface area contributed by atoms with Gasteiger partial charge >= 0.3 is 5.69 Å². The molecule has 0 unspecified atom stereocenters. The van der Waals surface area contributed by atoms with E-state index < -0.39 is 39.6 Å². The monoisotopic (exact) mass is 278 g/mol. The van der Waals surface area contributed by atoms with Crippen molar-refractivity contribution >= 4 is 34.9 Å². The number of nitro benzene ring substituents is 1. The molecule has 0 aromatic heterocycles. The zero-order chi connectivity index (χ0) is 12.6. The average molecular weight is 279 g/mol. The van der Waals surface area contributed by atoms with Crippen molar-refractivity contribution in [1.29, 1.82) is 0 Å². The minimum atomic E-state index is -2.19. The summed E-state index contributed by atoms with van der Waals surface area (Å²) < 4.78 is 51.7. The smallest absolute Gasteiger partial charge is 0.258 e. The van der Waals surface area contributed by atoms with Crippen LogP contribution in [0, 0.1) is 33.4 Å². The normalized spacial score (nSPS) is 10.4. The highest BCUT2D eigenvalue weighted by molar-refractivity contribution is 6.49. The SMILES string of the molecule is O=[N+]([O-])c1c(F)c(F)c(N(Cl)Cl)c(F)c1F. The number of anilines is 1. The second-order valence-electron chi connectivity index (χ2n) is 2.44. The van der Waals surface area contributed by atoms with E-state index >= 15 is 0 Å². The van der Waals surface area contributed by atoms with Gasteiger partial charge in [-0.05, 0) is 0 Å². The van der Waals surface area contributed by atoms with E-state index in [2.05, 4.69) is 0 Å². The molecule has 16 heavy (non-hydrogen) atoms. The molecule has 0 fully saturated rings. The summed E-state index contributed by atoms with van der Waals surface area (Å²) in [6.07, 6.45) is 0. The molecule has 0 heterocycles. The molecule has 0 aliphatic carbocycles. The summed E-state index contributed by atoms with van der Waals surface area (Å²) in [5, 5.41) is 10.1. The van der Waals surface area contributed by atoms with E-state index in [0.717, 1.165) is 0 Å². The second-order valence-corrected chi connectivity index (χ2v) is 3.29. The average Bonchev–Trinajstić information content (AvgIpc) is 2.14. The van der Waals surface area contributed by atoms with Crippen LogP contribution in [0.2, 0.25) is 0 Å². The molecule has 1 rings (SSSR count). The number of halogens is 6. The van der Waals surface area contributed by atoms with Gasteiger partial charge in [0.1, 0.15) is 5.69 Å². The summed E-state index contributed by atoms with van der Waals surface area (Å²) in [4.78, 5) is 8.54. The van der Waals surface area contributed by atoms with E-state index in [1.54, 1.807) is 0 Å². The summed E-state index contributed by atoms with van der Waals surface area (Å²) in [5.41, 5.74) is -3.42. The van der Waals surface area contributed by atoms with Crippen LogP contribution in [0.5, 0.6) is 0 Å². The Hall–Kier alpha value is -1.28. The molecule has 0 saturated carbocycles. The lowest BCUT2D eigenvalue weighted by Crippen LogP contribution is -2.09. The third-order valence-corrected chi connectivity index (χ3v) is 1.91. The van der Waals surface area contributed by atoms with Gasteiger partial charge in [-0.3, -0.25) is 10.1 Å². The molecule has 0 bridgehead atoms. The van der Waals surface area contributed by atoms with E-state index in [-0.39, 0.29) is 3.94 Å². The lowest BCUT2D eigenvalue weighted by molar-refractivity contribution is -0.390. The maximum absolute atomic E-state index is 13.0. The molecule has 0 spiro atoms. The molecule has 1 aromatic rings. The first-order valence-corrected chi connectivity index (χ1v) is 4.08. The predicted molar refractivity (Wildman–Crippen MR) is 47.1 cm³/mol. The zero-order valence-corrected chi connectivity index (χ0v) is 8.49. The van der Waals surface area contributed by atoms with Crippen molar-refractivity contribution in [3.8, 4) is 0 Å². The van der Waals surface area contributed by atoms with Crippen LogP contribution in [0.1, 0.15) is 0 Å². The van der Waals surface area contributed by atoms with Crippen LogP contribution in [0.25, 0.3) is 0 Å². The van der Waals surface area contributed by atoms with Crippen LogP contribution >= 0.6 is 23.6 Å². The quantitative estimate of drug-likeness (QED) is 0.274. The summed E-state index contributed by atoms with van der Waals surface area (Å²) in [7, 11) is 0. The summed E-state index contributed by atoms with van der Waals surface area (Å²) in [5.74, 6) is -8.50. The first-order valence-electron chi connectivity index (χ1n) is 3.41. The highest BCUT2D eigenvalue weighted by Crippen LogP contribution is 2.36.